The maximum atomic E-state index is 14.5. The standard InChI is InChI=1S/C30H33F/c1-3-22-5-7-23(8-6-22)9-10-24-11-13-25(14-12-24)15-16-26-17-20-29-28(21-26)19-18-27(4-2)30(29)31/h11-14,17-23H,3-10H2,1-2H3. The summed E-state index contributed by atoms with van der Waals surface area (Å²) in [6, 6.07) is 18.3. The highest BCUT2D eigenvalue weighted by Crippen LogP contribution is 2.33. The van der Waals surface area contributed by atoms with Crippen molar-refractivity contribution in [1.29, 1.82) is 0 Å². The highest BCUT2D eigenvalue weighted by Gasteiger charge is 2.19. The fraction of sp³-hybridized carbons (Fsp3) is 0.400. The van der Waals surface area contributed by atoms with Crippen LogP contribution in [0.4, 0.5) is 4.39 Å². The van der Waals surface area contributed by atoms with Gasteiger partial charge in [0.25, 0.3) is 0 Å². The van der Waals surface area contributed by atoms with Crippen LogP contribution in [0, 0.1) is 29.5 Å². The number of halogens is 1. The minimum atomic E-state index is -0.103. The lowest BCUT2D eigenvalue weighted by Gasteiger charge is -2.27. The first-order valence-electron chi connectivity index (χ1n) is 12.0. The van der Waals surface area contributed by atoms with Gasteiger partial charge in [-0.15, -0.1) is 0 Å². The van der Waals surface area contributed by atoms with E-state index in [4.69, 9.17) is 0 Å². The molecular weight excluding hydrogens is 379 g/mol. The molecular formula is C30H33F. The maximum Gasteiger partial charge on any atom is 0.134 e. The third-order valence-corrected chi connectivity index (χ3v) is 7.10. The van der Waals surface area contributed by atoms with Crippen molar-refractivity contribution < 1.29 is 4.39 Å². The smallest absolute Gasteiger partial charge is 0.134 e. The molecule has 1 aliphatic carbocycles. The Morgan fingerprint density at radius 3 is 2.19 bits per heavy atom. The van der Waals surface area contributed by atoms with Crippen molar-refractivity contribution in [3.63, 3.8) is 0 Å². The summed E-state index contributed by atoms with van der Waals surface area (Å²) >= 11 is 0. The lowest BCUT2D eigenvalue weighted by molar-refractivity contribution is 0.259. The minimum absolute atomic E-state index is 0.103. The normalized spacial score (nSPS) is 18.5. The molecule has 1 fully saturated rings. The molecule has 4 rings (SSSR count). The number of fused-ring (bicyclic) bond motifs is 1. The van der Waals surface area contributed by atoms with Crippen LogP contribution in [-0.2, 0) is 12.8 Å². The van der Waals surface area contributed by atoms with Gasteiger partial charge in [0.05, 0.1) is 0 Å². The van der Waals surface area contributed by atoms with Crippen molar-refractivity contribution in [3.05, 3.63) is 82.7 Å². The maximum absolute atomic E-state index is 14.5. The quantitative estimate of drug-likeness (QED) is 0.371. The van der Waals surface area contributed by atoms with Crippen molar-refractivity contribution in [2.24, 2.45) is 11.8 Å². The van der Waals surface area contributed by atoms with Crippen LogP contribution in [0.5, 0.6) is 0 Å². The Morgan fingerprint density at radius 2 is 1.48 bits per heavy atom. The molecule has 31 heavy (non-hydrogen) atoms. The van der Waals surface area contributed by atoms with Crippen LogP contribution in [0.15, 0.2) is 54.6 Å². The van der Waals surface area contributed by atoms with Crippen LogP contribution in [0.3, 0.4) is 0 Å². The average Bonchev–Trinajstić information content (AvgIpc) is 2.82. The van der Waals surface area contributed by atoms with E-state index in [2.05, 4.69) is 43.0 Å². The Morgan fingerprint density at radius 1 is 0.806 bits per heavy atom. The first kappa shape index (κ1) is 21.6. The zero-order valence-corrected chi connectivity index (χ0v) is 18.9. The van der Waals surface area contributed by atoms with Gasteiger partial charge >= 0.3 is 0 Å². The molecule has 0 amide bonds. The minimum Gasteiger partial charge on any atom is -0.206 e. The number of hydrogen-bond donors (Lipinski definition) is 0. The number of hydrogen-bond acceptors (Lipinski definition) is 0. The molecule has 0 nitrogen and oxygen atoms in total. The first-order chi connectivity index (χ1) is 15.2. The second-order valence-electron chi connectivity index (χ2n) is 9.11. The van der Waals surface area contributed by atoms with Gasteiger partial charge in [0.1, 0.15) is 5.82 Å². The number of benzene rings is 3. The van der Waals surface area contributed by atoms with E-state index in [1.54, 1.807) is 0 Å². The van der Waals surface area contributed by atoms with Crippen molar-refractivity contribution in [2.45, 2.75) is 65.2 Å². The fourth-order valence-corrected chi connectivity index (χ4v) is 4.89. The molecule has 0 spiro atoms. The summed E-state index contributed by atoms with van der Waals surface area (Å²) in [5, 5.41) is 1.59. The molecule has 0 bridgehead atoms. The molecule has 3 aromatic rings. The molecule has 1 aliphatic rings. The summed E-state index contributed by atoms with van der Waals surface area (Å²) in [6.45, 7) is 4.31. The second kappa shape index (κ2) is 10.1. The zero-order valence-electron chi connectivity index (χ0n) is 18.9. The molecule has 0 aromatic heterocycles. The third-order valence-electron chi connectivity index (χ3n) is 7.10. The molecule has 0 saturated heterocycles. The number of aryl methyl sites for hydroxylation is 2. The summed E-state index contributed by atoms with van der Waals surface area (Å²) in [6.07, 6.45) is 10.2. The molecule has 0 radical (unpaired) electrons. The van der Waals surface area contributed by atoms with Gasteiger partial charge in [0, 0.05) is 16.5 Å². The van der Waals surface area contributed by atoms with Gasteiger partial charge in [0.15, 0.2) is 0 Å². The monoisotopic (exact) mass is 412 g/mol. The molecule has 1 saturated carbocycles. The Kier molecular flexibility index (Phi) is 7.08. The van der Waals surface area contributed by atoms with Crippen LogP contribution in [0.2, 0.25) is 0 Å². The van der Waals surface area contributed by atoms with E-state index in [-0.39, 0.29) is 5.82 Å². The van der Waals surface area contributed by atoms with E-state index in [1.807, 2.05) is 37.3 Å². The third kappa shape index (κ3) is 5.37. The van der Waals surface area contributed by atoms with Gasteiger partial charge in [-0.1, -0.05) is 88.1 Å². The van der Waals surface area contributed by atoms with E-state index in [9.17, 15) is 4.39 Å². The Hall–Kier alpha value is -2.59. The Labute approximate surface area is 186 Å². The molecule has 3 aromatic carbocycles. The molecule has 160 valence electrons. The van der Waals surface area contributed by atoms with Crippen molar-refractivity contribution in [2.75, 3.05) is 0 Å². The summed E-state index contributed by atoms with van der Waals surface area (Å²) < 4.78 is 14.5. The van der Waals surface area contributed by atoms with Crippen molar-refractivity contribution in [3.8, 4) is 11.8 Å². The fourth-order valence-electron chi connectivity index (χ4n) is 4.89. The highest BCUT2D eigenvalue weighted by molar-refractivity contribution is 5.85. The van der Waals surface area contributed by atoms with Crippen molar-refractivity contribution >= 4 is 10.8 Å². The number of rotatable bonds is 5. The largest absolute Gasteiger partial charge is 0.206 e. The van der Waals surface area contributed by atoms with E-state index >= 15 is 0 Å². The Balaban J connectivity index is 1.37. The predicted molar refractivity (Wildman–Crippen MR) is 130 cm³/mol. The zero-order chi connectivity index (χ0) is 21.6. The Bertz CT molecular complexity index is 1070. The van der Waals surface area contributed by atoms with E-state index in [0.717, 1.165) is 33.9 Å². The van der Waals surface area contributed by atoms with Gasteiger partial charge in [0.2, 0.25) is 0 Å². The van der Waals surface area contributed by atoms with Gasteiger partial charge in [-0.3, -0.25) is 0 Å². The first-order valence-corrected chi connectivity index (χ1v) is 12.0. The molecule has 0 aliphatic heterocycles. The summed E-state index contributed by atoms with van der Waals surface area (Å²) in [5.74, 6) is 8.29. The van der Waals surface area contributed by atoms with Crippen LogP contribution >= 0.6 is 0 Å². The average molecular weight is 413 g/mol. The summed E-state index contributed by atoms with van der Waals surface area (Å²) in [5.41, 5.74) is 4.12. The molecule has 0 N–H and O–H groups in total. The van der Waals surface area contributed by atoms with Crippen molar-refractivity contribution in [1.82, 2.24) is 0 Å². The molecule has 0 atom stereocenters. The topological polar surface area (TPSA) is 0 Å². The molecule has 0 unspecified atom stereocenters. The molecule has 1 heteroatoms. The van der Waals surface area contributed by atoms with Crippen LogP contribution in [0.25, 0.3) is 10.8 Å². The summed E-state index contributed by atoms with van der Waals surface area (Å²) in [4.78, 5) is 0. The van der Waals surface area contributed by atoms with E-state index < -0.39 is 0 Å². The van der Waals surface area contributed by atoms with Crippen LogP contribution in [-0.4, -0.2) is 0 Å². The second-order valence-corrected chi connectivity index (χ2v) is 9.11. The predicted octanol–water partition coefficient (Wildman–Crippen LogP) is 8.09. The lowest BCUT2D eigenvalue weighted by Crippen LogP contribution is -2.14. The molecule has 0 heterocycles. The SMILES string of the molecule is CCc1ccc2cc(C#Cc3ccc(CCC4CCC(CC)CC4)cc3)ccc2c1F. The van der Waals surface area contributed by atoms with Gasteiger partial charge in [-0.2, -0.15) is 0 Å². The van der Waals surface area contributed by atoms with Gasteiger partial charge < -0.3 is 0 Å². The van der Waals surface area contributed by atoms with Crippen LogP contribution in [0.1, 0.15) is 74.6 Å². The van der Waals surface area contributed by atoms with Gasteiger partial charge in [-0.25, -0.2) is 4.39 Å². The van der Waals surface area contributed by atoms with Gasteiger partial charge in [-0.05, 0) is 71.9 Å². The highest BCUT2D eigenvalue weighted by atomic mass is 19.1. The van der Waals surface area contributed by atoms with E-state index in [1.165, 1.54) is 50.5 Å². The summed E-state index contributed by atoms with van der Waals surface area (Å²) in [7, 11) is 0. The lowest BCUT2D eigenvalue weighted by atomic mass is 9.78. The van der Waals surface area contributed by atoms with E-state index in [0.29, 0.717) is 11.8 Å². The van der Waals surface area contributed by atoms with Crippen LogP contribution < -0.4 is 0 Å².